The minimum absolute atomic E-state index is 0.00144. The molecule has 0 aliphatic heterocycles. The van der Waals surface area contributed by atoms with E-state index in [2.05, 4.69) is 4.98 Å². The molecule has 0 aliphatic carbocycles. The zero-order valence-electron chi connectivity index (χ0n) is 9.29. The van der Waals surface area contributed by atoms with Gasteiger partial charge in [0.15, 0.2) is 0 Å². The van der Waals surface area contributed by atoms with Gasteiger partial charge < -0.3 is 9.72 Å². The zero-order valence-corrected chi connectivity index (χ0v) is 9.29. The van der Waals surface area contributed by atoms with Crippen molar-refractivity contribution in [1.29, 1.82) is 0 Å². The van der Waals surface area contributed by atoms with Crippen LogP contribution in [0.1, 0.15) is 28.5 Å². The van der Waals surface area contributed by atoms with Gasteiger partial charge in [-0.05, 0) is 25.5 Å². The Morgan fingerprint density at radius 2 is 2.31 bits per heavy atom. The van der Waals surface area contributed by atoms with Crippen LogP contribution in [0.25, 0.3) is 0 Å². The molecule has 0 saturated carbocycles. The third-order valence-electron chi connectivity index (χ3n) is 2.07. The first-order valence-corrected chi connectivity index (χ1v) is 4.91. The van der Waals surface area contributed by atoms with E-state index in [-0.39, 0.29) is 12.2 Å². The molecule has 16 heavy (non-hydrogen) atoms. The summed E-state index contributed by atoms with van der Waals surface area (Å²) in [6, 6.07) is 1.70. The van der Waals surface area contributed by atoms with Gasteiger partial charge in [-0.1, -0.05) is 0 Å². The van der Waals surface area contributed by atoms with Crippen LogP contribution >= 0.6 is 0 Å². The predicted octanol–water partition coefficient (Wildman–Crippen LogP) is -0.177. The number of rotatable bonds is 4. The molecule has 6 nitrogen and oxygen atoms in total. The first-order chi connectivity index (χ1) is 7.60. The average Bonchev–Trinajstić information content (AvgIpc) is 2.24. The van der Waals surface area contributed by atoms with Crippen LogP contribution in [0.3, 0.4) is 0 Å². The van der Waals surface area contributed by atoms with Crippen molar-refractivity contribution in [3.63, 3.8) is 0 Å². The summed E-state index contributed by atoms with van der Waals surface area (Å²) in [6.07, 6.45) is 0. The molecule has 1 heterocycles. The number of H-pyrrole nitrogens is 1. The standard InChI is InChI=1S/C10H15N3O3/c1-3-16-5-7-4-6(2)12-9(14)8(7)10(15)13-11/h4H,3,5,11H2,1-2H3,(H,12,14)(H,13,15). The van der Waals surface area contributed by atoms with Gasteiger partial charge in [-0.3, -0.25) is 15.0 Å². The van der Waals surface area contributed by atoms with Crippen molar-refractivity contribution in [2.75, 3.05) is 6.61 Å². The summed E-state index contributed by atoms with van der Waals surface area (Å²) < 4.78 is 5.19. The maximum Gasteiger partial charge on any atom is 0.271 e. The Morgan fingerprint density at radius 1 is 1.62 bits per heavy atom. The fraction of sp³-hybridized carbons (Fsp3) is 0.400. The van der Waals surface area contributed by atoms with Crippen LogP contribution in [0.4, 0.5) is 0 Å². The van der Waals surface area contributed by atoms with E-state index in [0.29, 0.717) is 17.9 Å². The highest BCUT2D eigenvalue weighted by Crippen LogP contribution is 2.07. The number of aromatic amines is 1. The molecule has 6 heteroatoms. The third-order valence-corrected chi connectivity index (χ3v) is 2.07. The number of carbonyl (C=O) groups is 1. The van der Waals surface area contributed by atoms with Crippen molar-refractivity contribution < 1.29 is 9.53 Å². The van der Waals surface area contributed by atoms with Gasteiger partial charge in [0.25, 0.3) is 11.5 Å². The molecule has 0 saturated heterocycles. The first-order valence-electron chi connectivity index (χ1n) is 4.91. The van der Waals surface area contributed by atoms with Gasteiger partial charge in [0.05, 0.1) is 6.61 Å². The van der Waals surface area contributed by atoms with Crippen LogP contribution in [0.5, 0.6) is 0 Å². The largest absolute Gasteiger partial charge is 0.377 e. The van der Waals surface area contributed by atoms with Gasteiger partial charge in [-0.2, -0.15) is 0 Å². The van der Waals surface area contributed by atoms with Crippen molar-refractivity contribution >= 4 is 5.91 Å². The quantitative estimate of drug-likeness (QED) is 0.376. The van der Waals surface area contributed by atoms with E-state index in [4.69, 9.17) is 10.6 Å². The summed E-state index contributed by atoms with van der Waals surface area (Å²) in [6.45, 7) is 4.29. The number of pyridine rings is 1. The molecule has 4 N–H and O–H groups in total. The second-order valence-corrected chi connectivity index (χ2v) is 3.29. The molecule has 0 unspecified atom stereocenters. The summed E-state index contributed by atoms with van der Waals surface area (Å²) >= 11 is 0. The molecule has 0 bridgehead atoms. The van der Waals surface area contributed by atoms with Crippen molar-refractivity contribution in [3.8, 4) is 0 Å². The predicted molar refractivity (Wildman–Crippen MR) is 58.8 cm³/mol. The normalized spacial score (nSPS) is 10.2. The molecule has 1 aromatic rings. The summed E-state index contributed by atoms with van der Waals surface area (Å²) in [7, 11) is 0. The molecule has 88 valence electrons. The Bertz CT molecular complexity index is 439. The van der Waals surface area contributed by atoms with E-state index < -0.39 is 11.5 Å². The lowest BCUT2D eigenvalue weighted by atomic mass is 10.1. The molecule has 1 aromatic heterocycles. The van der Waals surface area contributed by atoms with Crippen LogP contribution in [-0.2, 0) is 11.3 Å². The Hall–Kier alpha value is -1.66. The number of aromatic nitrogens is 1. The van der Waals surface area contributed by atoms with Crippen LogP contribution in [0.15, 0.2) is 10.9 Å². The summed E-state index contributed by atoms with van der Waals surface area (Å²) in [5, 5.41) is 0. The van der Waals surface area contributed by atoms with Crippen LogP contribution < -0.4 is 16.8 Å². The molecule has 0 radical (unpaired) electrons. The maximum atomic E-state index is 11.6. The van der Waals surface area contributed by atoms with E-state index in [1.54, 1.807) is 13.0 Å². The Labute approximate surface area is 92.8 Å². The number of nitrogens with one attached hydrogen (secondary N) is 2. The Kier molecular flexibility index (Phi) is 4.21. The van der Waals surface area contributed by atoms with E-state index in [0.717, 1.165) is 0 Å². The molecule has 1 amide bonds. The van der Waals surface area contributed by atoms with E-state index in [1.165, 1.54) is 0 Å². The lowest BCUT2D eigenvalue weighted by molar-refractivity contribution is 0.0941. The van der Waals surface area contributed by atoms with Crippen LogP contribution in [-0.4, -0.2) is 17.5 Å². The minimum Gasteiger partial charge on any atom is -0.377 e. The minimum atomic E-state index is -0.615. The van der Waals surface area contributed by atoms with Gasteiger partial charge in [-0.25, -0.2) is 5.84 Å². The lowest BCUT2D eigenvalue weighted by Crippen LogP contribution is -2.36. The summed E-state index contributed by atoms with van der Waals surface area (Å²) in [5.74, 6) is 4.40. The number of hydrogen-bond donors (Lipinski definition) is 3. The number of aryl methyl sites for hydroxylation is 1. The maximum absolute atomic E-state index is 11.6. The summed E-state index contributed by atoms with van der Waals surface area (Å²) in [5.41, 5.74) is 2.69. The second-order valence-electron chi connectivity index (χ2n) is 3.29. The molecular weight excluding hydrogens is 210 g/mol. The van der Waals surface area contributed by atoms with E-state index >= 15 is 0 Å². The zero-order chi connectivity index (χ0) is 12.1. The van der Waals surface area contributed by atoms with Gasteiger partial charge in [0.1, 0.15) is 5.56 Å². The van der Waals surface area contributed by atoms with E-state index in [9.17, 15) is 9.59 Å². The number of carbonyl (C=O) groups excluding carboxylic acids is 1. The summed E-state index contributed by atoms with van der Waals surface area (Å²) in [4.78, 5) is 25.6. The molecule has 0 aromatic carbocycles. The van der Waals surface area contributed by atoms with E-state index in [1.807, 2.05) is 12.3 Å². The average molecular weight is 225 g/mol. The first kappa shape index (κ1) is 12.4. The van der Waals surface area contributed by atoms with Gasteiger partial charge >= 0.3 is 0 Å². The highest BCUT2D eigenvalue weighted by atomic mass is 16.5. The Balaban J connectivity index is 3.21. The number of nitrogens with two attached hydrogens (primary N) is 1. The molecule has 0 aliphatic rings. The van der Waals surface area contributed by atoms with Crippen molar-refractivity contribution in [2.45, 2.75) is 20.5 Å². The number of ether oxygens (including phenoxy) is 1. The highest BCUT2D eigenvalue weighted by Gasteiger charge is 2.15. The third kappa shape index (κ3) is 2.68. The van der Waals surface area contributed by atoms with Crippen LogP contribution in [0.2, 0.25) is 0 Å². The lowest BCUT2D eigenvalue weighted by Gasteiger charge is -2.08. The van der Waals surface area contributed by atoms with Crippen molar-refractivity contribution in [1.82, 2.24) is 10.4 Å². The topological polar surface area (TPSA) is 97.2 Å². The van der Waals surface area contributed by atoms with Crippen molar-refractivity contribution in [2.24, 2.45) is 5.84 Å². The fourth-order valence-electron chi connectivity index (χ4n) is 1.40. The molecular formula is C10H15N3O3. The van der Waals surface area contributed by atoms with Gasteiger partial charge in [0.2, 0.25) is 0 Å². The number of hydrogen-bond acceptors (Lipinski definition) is 4. The SMILES string of the molecule is CCOCc1cc(C)[nH]c(=O)c1C(=O)NN. The molecule has 0 atom stereocenters. The monoisotopic (exact) mass is 225 g/mol. The Morgan fingerprint density at radius 3 is 2.88 bits per heavy atom. The molecule has 0 fully saturated rings. The number of nitrogen functional groups attached to an aromatic ring is 1. The van der Waals surface area contributed by atoms with Crippen LogP contribution in [0, 0.1) is 6.92 Å². The molecule has 1 rings (SSSR count). The smallest absolute Gasteiger partial charge is 0.271 e. The fourth-order valence-corrected chi connectivity index (χ4v) is 1.40. The van der Waals surface area contributed by atoms with Gasteiger partial charge in [-0.15, -0.1) is 0 Å². The number of amides is 1. The second kappa shape index (κ2) is 5.43. The number of hydrazine groups is 1. The van der Waals surface area contributed by atoms with Crippen molar-refractivity contribution in [3.05, 3.63) is 33.2 Å². The highest BCUT2D eigenvalue weighted by molar-refractivity contribution is 5.94. The molecule has 0 spiro atoms. The van der Waals surface area contributed by atoms with Gasteiger partial charge in [0, 0.05) is 12.3 Å².